The van der Waals surface area contributed by atoms with Crippen LogP contribution in [0.25, 0.3) is 10.8 Å². The fourth-order valence-corrected chi connectivity index (χ4v) is 2.53. The van der Waals surface area contributed by atoms with E-state index in [4.69, 9.17) is 0 Å². The largest absolute Gasteiger partial charge is 0.507 e. The molecule has 0 aliphatic carbocycles. The fourth-order valence-electron chi connectivity index (χ4n) is 2.53. The molecule has 0 aromatic heterocycles. The molecule has 1 N–H and O–H groups in total. The number of nitrogens with zero attached hydrogens (tertiary/aromatic N) is 2. The molecule has 21 heavy (non-hydrogen) atoms. The van der Waals surface area contributed by atoms with Gasteiger partial charge in [-0.2, -0.15) is 0 Å². The van der Waals surface area contributed by atoms with Gasteiger partial charge in [0.15, 0.2) is 0 Å². The first-order valence-electron chi connectivity index (χ1n) is 7.61. The van der Waals surface area contributed by atoms with Gasteiger partial charge in [-0.3, -0.25) is 4.99 Å². The molecule has 0 aliphatic heterocycles. The van der Waals surface area contributed by atoms with E-state index < -0.39 is 0 Å². The molecular formula is C18H24N2O. The zero-order valence-corrected chi connectivity index (χ0v) is 13.1. The Bertz CT molecular complexity index is 630. The number of aromatic hydroxyl groups is 1. The van der Waals surface area contributed by atoms with Gasteiger partial charge in [-0.25, -0.2) is 0 Å². The Morgan fingerprint density at radius 1 is 1.10 bits per heavy atom. The highest BCUT2D eigenvalue weighted by Crippen LogP contribution is 2.28. The van der Waals surface area contributed by atoms with Gasteiger partial charge in [0, 0.05) is 23.2 Å². The number of hydrogen-bond donors (Lipinski definition) is 1. The third-order valence-corrected chi connectivity index (χ3v) is 3.95. The number of likely N-dealkylation sites (N-methyl/N-ethyl adjacent to an activating group) is 1. The number of fused-ring (bicyclic) bond motifs is 1. The molecule has 0 radical (unpaired) electrons. The van der Waals surface area contributed by atoms with Crippen molar-refractivity contribution >= 4 is 16.5 Å². The van der Waals surface area contributed by atoms with E-state index in [-0.39, 0.29) is 0 Å². The van der Waals surface area contributed by atoms with Crippen molar-refractivity contribution in [3.8, 4) is 5.75 Å². The molecule has 0 aliphatic rings. The zero-order valence-electron chi connectivity index (χ0n) is 13.1. The van der Waals surface area contributed by atoms with E-state index in [1.54, 1.807) is 0 Å². The van der Waals surface area contributed by atoms with Gasteiger partial charge in [-0.1, -0.05) is 44.2 Å². The van der Waals surface area contributed by atoms with Crippen LogP contribution in [0.4, 0.5) is 0 Å². The summed E-state index contributed by atoms with van der Waals surface area (Å²) >= 11 is 0. The quantitative estimate of drug-likeness (QED) is 0.821. The molecule has 112 valence electrons. The minimum atomic E-state index is 0.331. The second kappa shape index (κ2) is 7.23. The summed E-state index contributed by atoms with van der Waals surface area (Å²) in [6.07, 6.45) is 0. The third-order valence-electron chi connectivity index (χ3n) is 3.95. The molecule has 0 fully saturated rings. The van der Waals surface area contributed by atoms with Crippen LogP contribution in [0.3, 0.4) is 0 Å². The lowest BCUT2D eigenvalue weighted by Gasteiger charge is -2.16. The van der Waals surface area contributed by atoms with Crippen molar-refractivity contribution in [2.75, 3.05) is 26.2 Å². The van der Waals surface area contributed by atoms with Crippen molar-refractivity contribution < 1.29 is 5.11 Å². The van der Waals surface area contributed by atoms with Gasteiger partial charge < -0.3 is 10.0 Å². The maximum atomic E-state index is 10.4. The highest BCUT2D eigenvalue weighted by molar-refractivity contribution is 6.06. The second-order valence-electron chi connectivity index (χ2n) is 5.18. The predicted molar refractivity (Wildman–Crippen MR) is 90.5 cm³/mol. The molecule has 0 spiro atoms. The summed E-state index contributed by atoms with van der Waals surface area (Å²) in [5, 5.41) is 12.4. The first kappa shape index (κ1) is 15.5. The van der Waals surface area contributed by atoms with Crippen LogP contribution in [-0.4, -0.2) is 41.9 Å². The molecule has 2 aromatic rings. The zero-order chi connectivity index (χ0) is 15.2. The average molecular weight is 284 g/mol. The van der Waals surface area contributed by atoms with Gasteiger partial charge in [0.05, 0.1) is 6.54 Å². The molecule has 3 nitrogen and oxygen atoms in total. The van der Waals surface area contributed by atoms with E-state index in [0.29, 0.717) is 5.75 Å². The molecule has 2 aromatic carbocycles. The Morgan fingerprint density at radius 3 is 2.52 bits per heavy atom. The number of aliphatic imine (C=N–C) groups is 1. The van der Waals surface area contributed by atoms with Crippen LogP contribution in [-0.2, 0) is 0 Å². The normalized spacial score (nSPS) is 12.3. The van der Waals surface area contributed by atoms with Gasteiger partial charge in [-0.15, -0.1) is 0 Å². The average Bonchev–Trinajstić information content (AvgIpc) is 2.52. The number of phenolic OH excluding ortho intramolecular Hbond substituents is 1. The van der Waals surface area contributed by atoms with Crippen molar-refractivity contribution in [3.63, 3.8) is 0 Å². The molecule has 3 heteroatoms. The molecular weight excluding hydrogens is 260 g/mol. The Morgan fingerprint density at radius 2 is 1.81 bits per heavy atom. The van der Waals surface area contributed by atoms with Crippen LogP contribution >= 0.6 is 0 Å². The van der Waals surface area contributed by atoms with Crippen LogP contribution in [0.5, 0.6) is 5.75 Å². The summed E-state index contributed by atoms with van der Waals surface area (Å²) in [4.78, 5) is 6.96. The summed E-state index contributed by atoms with van der Waals surface area (Å²) < 4.78 is 0. The first-order chi connectivity index (χ1) is 10.2. The van der Waals surface area contributed by atoms with Crippen molar-refractivity contribution in [2.45, 2.75) is 20.8 Å². The van der Waals surface area contributed by atoms with Gasteiger partial charge >= 0.3 is 0 Å². The lowest BCUT2D eigenvalue weighted by Crippen LogP contribution is -2.25. The first-order valence-corrected chi connectivity index (χ1v) is 7.61. The molecule has 0 saturated carbocycles. The highest BCUT2D eigenvalue weighted by atomic mass is 16.3. The Balaban J connectivity index is 2.19. The summed E-state index contributed by atoms with van der Waals surface area (Å²) in [7, 11) is 0. The minimum absolute atomic E-state index is 0.331. The van der Waals surface area contributed by atoms with E-state index in [1.165, 1.54) is 0 Å². The Kier molecular flexibility index (Phi) is 5.34. The summed E-state index contributed by atoms with van der Waals surface area (Å²) in [5.74, 6) is 0.331. The smallest absolute Gasteiger partial charge is 0.132 e. The maximum absolute atomic E-state index is 10.4. The highest BCUT2D eigenvalue weighted by Gasteiger charge is 2.08. The van der Waals surface area contributed by atoms with Crippen LogP contribution in [0, 0.1) is 0 Å². The summed E-state index contributed by atoms with van der Waals surface area (Å²) in [6.45, 7) is 10.1. The molecule has 0 bridgehead atoms. The molecule has 0 unspecified atom stereocenters. The molecule has 0 amide bonds. The van der Waals surface area contributed by atoms with Gasteiger partial charge in [0.2, 0.25) is 0 Å². The van der Waals surface area contributed by atoms with Crippen molar-refractivity contribution in [1.82, 2.24) is 4.90 Å². The molecule has 0 heterocycles. The predicted octanol–water partition coefficient (Wildman–Crippen LogP) is 3.70. The number of phenols is 1. The fraction of sp³-hybridized carbons (Fsp3) is 0.389. The summed E-state index contributed by atoms with van der Waals surface area (Å²) in [5.41, 5.74) is 1.72. The monoisotopic (exact) mass is 284 g/mol. The van der Waals surface area contributed by atoms with E-state index in [9.17, 15) is 5.11 Å². The molecule has 0 saturated heterocycles. The van der Waals surface area contributed by atoms with Gasteiger partial charge in [0.1, 0.15) is 5.75 Å². The topological polar surface area (TPSA) is 35.8 Å². The third kappa shape index (κ3) is 3.61. The number of hydrogen-bond acceptors (Lipinski definition) is 3. The van der Waals surface area contributed by atoms with Crippen LogP contribution in [0.15, 0.2) is 41.4 Å². The number of rotatable bonds is 6. The number of benzene rings is 2. The Hall–Kier alpha value is -1.87. The van der Waals surface area contributed by atoms with Gasteiger partial charge in [-0.05, 0) is 31.5 Å². The molecule has 2 rings (SSSR count). The SMILES string of the molecule is CCN(CC)CCN=C(C)c1ccc2ccccc2c1O. The van der Waals surface area contributed by atoms with Crippen molar-refractivity contribution in [3.05, 3.63) is 42.0 Å². The summed E-state index contributed by atoms with van der Waals surface area (Å²) in [6, 6.07) is 11.9. The van der Waals surface area contributed by atoms with Crippen molar-refractivity contribution in [1.29, 1.82) is 0 Å². The second-order valence-corrected chi connectivity index (χ2v) is 5.18. The van der Waals surface area contributed by atoms with Crippen LogP contribution < -0.4 is 0 Å². The Labute approximate surface area is 126 Å². The minimum Gasteiger partial charge on any atom is -0.507 e. The van der Waals surface area contributed by atoms with Crippen LogP contribution in [0.2, 0.25) is 0 Å². The van der Waals surface area contributed by atoms with Gasteiger partial charge in [0.25, 0.3) is 0 Å². The lowest BCUT2D eigenvalue weighted by atomic mass is 10.0. The maximum Gasteiger partial charge on any atom is 0.132 e. The van der Waals surface area contributed by atoms with Crippen LogP contribution in [0.1, 0.15) is 26.3 Å². The van der Waals surface area contributed by atoms with E-state index in [0.717, 1.165) is 48.2 Å². The van der Waals surface area contributed by atoms with E-state index in [2.05, 4.69) is 23.7 Å². The van der Waals surface area contributed by atoms with E-state index >= 15 is 0 Å². The van der Waals surface area contributed by atoms with E-state index in [1.807, 2.05) is 43.3 Å². The lowest BCUT2D eigenvalue weighted by molar-refractivity contribution is 0.313. The van der Waals surface area contributed by atoms with Crippen molar-refractivity contribution in [2.24, 2.45) is 4.99 Å². The standard InChI is InChI=1S/C18H24N2O/c1-4-20(5-2)13-12-19-14(3)16-11-10-15-8-6-7-9-17(15)18(16)21/h6-11,21H,4-5,12-13H2,1-3H3. The molecule has 0 atom stereocenters.